The molecule has 3 amide bonds. The van der Waals surface area contributed by atoms with Crippen LogP contribution in [0.25, 0.3) is 0 Å². The predicted octanol–water partition coefficient (Wildman–Crippen LogP) is 1.66. The number of hydrogen-bond acceptors (Lipinski definition) is 5. The highest BCUT2D eigenvalue weighted by Gasteiger charge is 2.46. The number of rotatable bonds is 9. The first-order valence-electron chi connectivity index (χ1n) is 11.9. The quantitative estimate of drug-likeness (QED) is 0.480. The lowest BCUT2D eigenvalue weighted by molar-refractivity contribution is -0.148. The molecule has 0 aromatic heterocycles. The average Bonchev–Trinajstić information content (AvgIpc) is 3.24. The van der Waals surface area contributed by atoms with Crippen LogP contribution < -0.4 is 10.2 Å². The number of para-hydroxylation sites is 1. The van der Waals surface area contributed by atoms with Crippen molar-refractivity contribution in [2.24, 2.45) is 11.3 Å². The molecule has 2 unspecified atom stereocenters. The van der Waals surface area contributed by atoms with Crippen molar-refractivity contribution in [2.45, 2.75) is 57.4 Å². The number of carboxylic acid groups (broad SMARTS) is 2. The monoisotopic (exact) mass is 487 g/mol. The van der Waals surface area contributed by atoms with Gasteiger partial charge in [0.05, 0.1) is 11.3 Å². The number of carboxylic acids is 2. The molecular weight excluding hydrogens is 454 g/mol. The van der Waals surface area contributed by atoms with E-state index in [0.717, 1.165) is 18.4 Å². The standard InChI is InChI=1S/C25H33N3O7/c1-27(2)20(29)13-17(23(33)34)14-25(11-5-6-12-25)24(35)26-18-10-9-16-7-3-4-8-19(16)28(22(18)32)15-21(30)31/h3-4,7-8,17-18H,5-6,9-15H2,1-2H3,(H,26,35)(H,30,31)(H,33,34). The summed E-state index contributed by atoms with van der Waals surface area (Å²) in [7, 11) is 3.11. The molecule has 190 valence electrons. The maximum Gasteiger partial charge on any atom is 0.323 e. The summed E-state index contributed by atoms with van der Waals surface area (Å²) < 4.78 is 0. The van der Waals surface area contributed by atoms with Crippen molar-refractivity contribution in [3.05, 3.63) is 29.8 Å². The number of fused-ring (bicyclic) bond motifs is 1. The fraction of sp³-hybridized carbons (Fsp3) is 0.560. The van der Waals surface area contributed by atoms with Crippen molar-refractivity contribution in [1.82, 2.24) is 10.2 Å². The summed E-state index contributed by atoms with van der Waals surface area (Å²) in [5.74, 6) is -4.55. The van der Waals surface area contributed by atoms with Crippen LogP contribution in [-0.4, -0.2) is 71.5 Å². The summed E-state index contributed by atoms with van der Waals surface area (Å²) in [6, 6.07) is 6.14. The van der Waals surface area contributed by atoms with E-state index >= 15 is 0 Å². The number of carbonyl (C=O) groups is 5. The van der Waals surface area contributed by atoms with E-state index < -0.39 is 47.7 Å². The minimum absolute atomic E-state index is 0.00766. The van der Waals surface area contributed by atoms with Crippen molar-refractivity contribution in [1.29, 1.82) is 0 Å². The number of hydrogen-bond donors (Lipinski definition) is 3. The molecule has 0 saturated heterocycles. The van der Waals surface area contributed by atoms with E-state index in [2.05, 4.69) is 5.32 Å². The first kappa shape index (κ1) is 26.2. The number of amides is 3. The third kappa shape index (κ3) is 5.98. The number of carbonyl (C=O) groups excluding carboxylic acids is 3. The second-order valence-corrected chi connectivity index (χ2v) is 9.73. The Morgan fingerprint density at radius 3 is 2.40 bits per heavy atom. The minimum Gasteiger partial charge on any atom is -0.481 e. The van der Waals surface area contributed by atoms with Crippen molar-refractivity contribution >= 4 is 35.3 Å². The molecule has 1 heterocycles. The summed E-state index contributed by atoms with van der Waals surface area (Å²) in [6.07, 6.45) is 3.01. The lowest BCUT2D eigenvalue weighted by Gasteiger charge is -2.33. The number of aliphatic carboxylic acids is 2. The largest absolute Gasteiger partial charge is 0.481 e. The molecule has 2 aliphatic rings. The van der Waals surface area contributed by atoms with Crippen LogP contribution in [0.4, 0.5) is 5.69 Å². The lowest BCUT2D eigenvalue weighted by atomic mass is 9.75. The number of aryl methyl sites for hydroxylation is 1. The number of anilines is 1. The van der Waals surface area contributed by atoms with Crippen LogP contribution in [0.3, 0.4) is 0 Å². The van der Waals surface area contributed by atoms with Crippen LogP contribution in [0.1, 0.15) is 50.5 Å². The second-order valence-electron chi connectivity index (χ2n) is 9.73. The molecule has 1 fully saturated rings. The van der Waals surface area contributed by atoms with Gasteiger partial charge in [-0.25, -0.2) is 0 Å². The SMILES string of the molecule is CN(C)C(=O)CC(CC1(C(=O)NC2CCc3ccccc3N(CC(=O)O)C2=O)CCCC1)C(=O)O. The van der Waals surface area contributed by atoms with E-state index in [1.165, 1.54) is 9.80 Å². The molecular formula is C25H33N3O7. The van der Waals surface area contributed by atoms with E-state index in [9.17, 15) is 34.2 Å². The summed E-state index contributed by atoms with van der Waals surface area (Å²) in [5, 5.41) is 22.0. The van der Waals surface area contributed by atoms with Gasteiger partial charge in [-0.15, -0.1) is 0 Å². The van der Waals surface area contributed by atoms with Crippen molar-refractivity contribution in [3.8, 4) is 0 Å². The van der Waals surface area contributed by atoms with Gasteiger partial charge in [-0.1, -0.05) is 31.0 Å². The second kappa shape index (κ2) is 10.9. The number of nitrogens with zero attached hydrogens (tertiary/aromatic N) is 2. The fourth-order valence-electron chi connectivity index (χ4n) is 5.15. The Balaban J connectivity index is 1.82. The first-order chi connectivity index (χ1) is 16.5. The van der Waals surface area contributed by atoms with Gasteiger partial charge in [-0.3, -0.25) is 28.9 Å². The molecule has 35 heavy (non-hydrogen) atoms. The molecule has 2 atom stereocenters. The maximum absolute atomic E-state index is 13.6. The lowest BCUT2D eigenvalue weighted by Crippen LogP contribution is -2.53. The van der Waals surface area contributed by atoms with Gasteiger partial charge >= 0.3 is 11.9 Å². The minimum atomic E-state index is -1.16. The molecule has 3 N–H and O–H groups in total. The van der Waals surface area contributed by atoms with Crippen molar-refractivity contribution in [2.75, 3.05) is 25.5 Å². The summed E-state index contributed by atoms with van der Waals surface area (Å²) >= 11 is 0. The van der Waals surface area contributed by atoms with Gasteiger partial charge in [-0.2, -0.15) is 0 Å². The Hall–Kier alpha value is -3.43. The highest BCUT2D eigenvalue weighted by Crippen LogP contribution is 2.44. The van der Waals surface area contributed by atoms with Crippen LogP contribution >= 0.6 is 0 Å². The number of nitrogens with one attached hydrogen (secondary N) is 1. The molecule has 1 aliphatic heterocycles. The van der Waals surface area contributed by atoms with E-state index in [1.807, 2.05) is 12.1 Å². The van der Waals surface area contributed by atoms with Crippen LogP contribution in [-0.2, 0) is 30.4 Å². The summed E-state index contributed by atoms with van der Waals surface area (Å²) in [6.45, 7) is -0.527. The van der Waals surface area contributed by atoms with Crippen molar-refractivity contribution in [3.63, 3.8) is 0 Å². The van der Waals surface area contributed by atoms with E-state index in [0.29, 0.717) is 31.4 Å². The van der Waals surface area contributed by atoms with E-state index in [-0.39, 0.29) is 18.7 Å². The zero-order chi connectivity index (χ0) is 25.8. The third-order valence-corrected chi connectivity index (χ3v) is 7.10. The molecule has 3 rings (SSSR count). The van der Waals surface area contributed by atoms with Crippen LogP contribution in [0.2, 0.25) is 0 Å². The topological polar surface area (TPSA) is 144 Å². The Labute approximate surface area is 204 Å². The van der Waals surface area contributed by atoms with E-state index in [4.69, 9.17) is 0 Å². The van der Waals surface area contributed by atoms with Crippen molar-refractivity contribution < 1.29 is 34.2 Å². The molecule has 10 nitrogen and oxygen atoms in total. The molecule has 1 saturated carbocycles. The highest BCUT2D eigenvalue weighted by atomic mass is 16.4. The molecule has 1 aliphatic carbocycles. The Morgan fingerprint density at radius 2 is 1.80 bits per heavy atom. The smallest absolute Gasteiger partial charge is 0.323 e. The van der Waals surface area contributed by atoms with Crippen LogP contribution in [0.15, 0.2) is 24.3 Å². The number of benzene rings is 1. The van der Waals surface area contributed by atoms with Gasteiger partial charge in [0.2, 0.25) is 17.7 Å². The first-order valence-corrected chi connectivity index (χ1v) is 11.9. The van der Waals surface area contributed by atoms with Gasteiger partial charge in [0.25, 0.3) is 0 Å². The summed E-state index contributed by atoms with van der Waals surface area (Å²) in [5.41, 5.74) is 0.343. The zero-order valence-corrected chi connectivity index (χ0v) is 20.2. The molecule has 1 aromatic carbocycles. The molecule has 0 bridgehead atoms. The van der Waals surface area contributed by atoms with Gasteiger partial charge in [-0.05, 0) is 43.7 Å². The van der Waals surface area contributed by atoms with E-state index in [1.54, 1.807) is 26.2 Å². The fourth-order valence-corrected chi connectivity index (χ4v) is 5.15. The Morgan fingerprint density at radius 1 is 1.14 bits per heavy atom. The van der Waals surface area contributed by atoms with Gasteiger partial charge in [0.15, 0.2) is 0 Å². The normalized spacial score (nSPS) is 19.9. The van der Waals surface area contributed by atoms with Crippen LogP contribution in [0.5, 0.6) is 0 Å². The molecule has 0 spiro atoms. The highest BCUT2D eigenvalue weighted by molar-refractivity contribution is 6.03. The Bertz CT molecular complexity index is 1000. The van der Waals surface area contributed by atoms with Gasteiger partial charge < -0.3 is 20.4 Å². The maximum atomic E-state index is 13.6. The van der Waals surface area contributed by atoms with Gasteiger partial charge in [0, 0.05) is 26.2 Å². The predicted molar refractivity (Wildman–Crippen MR) is 127 cm³/mol. The average molecular weight is 488 g/mol. The Kier molecular flexibility index (Phi) is 8.14. The molecule has 10 heteroatoms. The molecule has 1 aromatic rings. The summed E-state index contributed by atoms with van der Waals surface area (Å²) in [4.78, 5) is 65.1. The zero-order valence-electron chi connectivity index (χ0n) is 20.2. The molecule has 0 radical (unpaired) electrons. The third-order valence-electron chi connectivity index (χ3n) is 7.10. The van der Waals surface area contributed by atoms with Crippen LogP contribution in [0, 0.1) is 11.3 Å². The van der Waals surface area contributed by atoms with Gasteiger partial charge in [0.1, 0.15) is 12.6 Å².